The Kier molecular flexibility index (Phi) is 5.09. The normalized spacial score (nSPS) is 16.8. The van der Waals surface area contributed by atoms with Crippen molar-refractivity contribution in [2.24, 2.45) is 0 Å². The first kappa shape index (κ1) is 18.6. The summed E-state index contributed by atoms with van der Waals surface area (Å²) in [4.78, 5) is 34.9. The molecule has 1 saturated heterocycles. The lowest BCUT2D eigenvalue weighted by Crippen LogP contribution is -2.50. The average Bonchev–Trinajstić information content (AvgIpc) is 2.72. The number of anilines is 2. The highest BCUT2D eigenvalue weighted by molar-refractivity contribution is 6.30. The predicted molar refractivity (Wildman–Crippen MR) is 109 cm³/mol. The second-order valence-corrected chi connectivity index (χ2v) is 7.52. The maximum atomic E-state index is 12.6. The minimum absolute atomic E-state index is 0.00132. The zero-order valence-corrected chi connectivity index (χ0v) is 16.4. The number of benzene rings is 1. The number of carbonyl (C=O) groups excluding carboxylic acids is 2. The van der Waals surface area contributed by atoms with Crippen LogP contribution in [0.5, 0.6) is 0 Å². The summed E-state index contributed by atoms with van der Waals surface area (Å²) >= 11 is 5.89. The number of pyridine rings is 1. The first-order chi connectivity index (χ1) is 13.5. The Bertz CT molecular complexity index is 894. The highest BCUT2D eigenvalue weighted by Crippen LogP contribution is 2.23. The maximum absolute atomic E-state index is 12.6. The fourth-order valence-corrected chi connectivity index (χ4v) is 3.67. The van der Waals surface area contributed by atoms with Crippen LogP contribution in [0.25, 0.3) is 0 Å². The molecule has 0 bridgehead atoms. The van der Waals surface area contributed by atoms with Crippen LogP contribution in [-0.4, -0.2) is 66.5 Å². The van der Waals surface area contributed by atoms with Crippen molar-refractivity contribution in [3.8, 4) is 0 Å². The van der Waals surface area contributed by atoms with Gasteiger partial charge in [0, 0.05) is 57.2 Å². The van der Waals surface area contributed by atoms with Crippen LogP contribution in [0, 0.1) is 0 Å². The van der Waals surface area contributed by atoms with E-state index >= 15 is 0 Å². The lowest BCUT2D eigenvalue weighted by molar-refractivity contribution is 0.0781. The fraction of sp³-hybridized carbons (Fsp3) is 0.350. The van der Waals surface area contributed by atoms with Gasteiger partial charge in [-0.15, -0.1) is 0 Å². The Morgan fingerprint density at radius 1 is 1.11 bits per heavy atom. The van der Waals surface area contributed by atoms with Gasteiger partial charge in [-0.25, -0.2) is 9.78 Å². The highest BCUT2D eigenvalue weighted by atomic mass is 35.5. The van der Waals surface area contributed by atoms with Crippen LogP contribution < -0.4 is 10.2 Å². The van der Waals surface area contributed by atoms with Crippen LogP contribution in [0.15, 0.2) is 36.5 Å². The van der Waals surface area contributed by atoms with Crippen LogP contribution in [-0.2, 0) is 6.42 Å². The van der Waals surface area contributed by atoms with E-state index in [-0.39, 0.29) is 11.9 Å². The molecule has 7 nitrogen and oxygen atoms in total. The summed E-state index contributed by atoms with van der Waals surface area (Å²) in [5.74, 6) is 0.864. The van der Waals surface area contributed by atoms with Crippen molar-refractivity contribution >= 4 is 35.0 Å². The molecular weight excluding hydrogens is 378 g/mol. The SMILES string of the molecule is CN1CCc2ccc(NC(=O)N3CCN(c4ccc(Cl)cn4)CC3)cc2C1=O. The van der Waals surface area contributed by atoms with Crippen LogP contribution in [0.4, 0.5) is 16.3 Å². The Morgan fingerprint density at radius 2 is 1.89 bits per heavy atom. The van der Waals surface area contributed by atoms with Crippen LogP contribution in [0.3, 0.4) is 0 Å². The first-order valence-corrected chi connectivity index (χ1v) is 9.70. The van der Waals surface area contributed by atoms with Crippen molar-refractivity contribution < 1.29 is 9.59 Å². The summed E-state index contributed by atoms with van der Waals surface area (Å²) in [7, 11) is 1.80. The summed E-state index contributed by atoms with van der Waals surface area (Å²) in [5.41, 5.74) is 2.35. The molecule has 3 amide bonds. The van der Waals surface area contributed by atoms with E-state index in [4.69, 9.17) is 11.6 Å². The molecule has 146 valence electrons. The molecule has 0 spiro atoms. The van der Waals surface area contributed by atoms with Gasteiger partial charge >= 0.3 is 6.03 Å². The van der Waals surface area contributed by atoms with E-state index in [1.54, 1.807) is 29.1 Å². The quantitative estimate of drug-likeness (QED) is 0.843. The monoisotopic (exact) mass is 399 g/mol. The fourth-order valence-electron chi connectivity index (χ4n) is 3.56. The largest absolute Gasteiger partial charge is 0.353 e. The molecule has 0 atom stereocenters. The van der Waals surface area contributed by atoms with Crippen molar-refractivity contribution in [2.45, 2.75) is 6.42 Å². The van der Waals surface area contributed by atoms with Gasteiger partial charge in [0.15, 0.2) is 0 Å². The number of hydrogen-bond acceptors (Lipinski definition) is 4. The lowest BCUT2D eigenvalue weighted by Gasteiger charge is -2.35. The van der Waals surface area contributed by atoms with E-state index in [1.165, 1.54) is 0 Å². The van der Waals surface area contributed by atoms with E-state index in [1.807, 2.05) is 24.3 Å². The molecule has 0 saturated carbocycles. The molecule has 28 heavy (non-hydrogen) atoms. The predicted octanol–water partition coefficient (Wildman–Crippen LogP) is 2.72. The van der Waals surface area contributed by atoms with E-state index in [9.17, 15) is 9.59 Å². The lowest BCUT2D eigenvalue weighted by atomic mass is 9.99. The second-order valence-electron chi connectivity index (χ2n) is 7.09. The minimum atomic E-state index is -0.153. The maximum Gasteiger partial charge on any atom is 0.321 e. The molecule has 0 radical (unpaired) electrons. The molecule has 1 aromatic carbocycles. The molecule has 0 unspecified atom stereocenters. The number of urea groups is 1. The van der Waals surface area contributed by atoms with Gasteiger partial charge in [-0.2, -0.15) is 0 Å². The van der Waals surface area contributed by atoms with Gasteiger partial charge in [0.2, 0.25) is 0 Å². The van der Waals surface area contributed by atoms with Crippen molar-refractivity contribution in [3.63, 3.8) is 0 Å². The van der Waals surface area contributed by atoms with Gasteiger partial charge in [-0.3, -0.25) is 4.79 Å². The summed E-state index contributed by atoms with van der Waals surface area (Å²) < 4.78 is 0. The van der Waals surface area contributed by atoms with Gasteiger partial charge in [-0.05, 0) is 36.2 Å². The molecule has 1 N–H and O–H groups in total. The van der Waals surface area contributed by atoms with E-state index in [2.05, 4.69) is 15.2 Å². The highest BCUT2D eigenvalue weighted by Gasteiger charge is 2.24. The van der Waals surface area contributed by atoms with E-state index in [0.717, 1.165) is 24.3 Å². The van der Waals surface area contributed by atoms with Crippen LogP contribution >= 0.6 is 11.6 Å². The summed E-state index contributed by atoms with van der Waals surface area (Å²) in [6, 6.07) is 9.12. The topological polar surface area (TPSA) is 68.8 Å². The third-order valence-electron chi connectivity index (χ3n) is 5.26. The number of fused-ring (bicyclic) bond motifs is 1. The average molecular weight is 400 g/mol. The zero-order valence-electron chi connectivity index (χ0n) is 15.7. The minimum Gasteiger partial charge on any atom is -0.353 e. The molecule has 2 aromatic rings. The van der Waals surface area contributed by atoms with Gasteiger partial charge < -0.3 is 20.0 Å². The number of amides is 3. The van der Waals surface area contributed by atoms with E-state index < -0.39 is 0 Å². The van der Waals surface area contributed by atoms with Gasteiger partial charge in [0.05, 0.1) is 5.02 Å². The van der Waals surface area contributed by atoms with Crippen LogP contribution in [0.1, 0.15) is 15.9 Å². The Hall–Kier alpha value is -2.80. The third kappa shape index (κ3) is 3.75. The number of nitrogens with zero attached hydrogens (tertiary/aromatic N) is 4. The zero-order chi connectivity index (χ0) is 19.7. The Labute approximate surface area is 168 Å². The Balaban J connectivity index is 1.37. The number of nitrogens with one attached hydrogen (secondary N) is 1. The summed E-state index contributed by atoms with van der Waals surface area (Å²) in [5, 5.41) is 3.53. The van der Waals surface area contributed by atoms with Gasteiger partial charge in [-0.1, -0.05) is 17.7 Å². The van der Waals surface area contributed by atoms with Crippen molar-refractivity contribution in [3.05, 3.63) is 52.7 Å². The van der Waals surface area contributed by atoms with Crippen molar-refractivity contribution in [2.75, 3.05) is 50.0 Å². The van der Waals surface area contributed by atoms with E-state index in [0.29, 0.717) is 42.5 Å². The summed E-state index contributed by atoms with van der Waals surface area (Å²) in [6.45, 7) is 3.33. The molecular formula is C20H22ClN5O2. The third-order valence-corrected chi connectivity index (χ3v) is 5.48. The van der Waals surface area contributed by atoms with Crippen molar-refractivity contribution in [1.29, 1.82) is 0 Å². The molecule has 8 heteroatoms. The number of hydrogen-bond donors (Lipinski definition) is 1. The molecule has 1 fully saturated rings. The number of likely N-dealkylation sites (N-methyl/N-ethyl adjacent to an activating group) is 1. The summed E-state index contributed by atoms with van der Waals surface area (Å²) in [6.07, 6.45) is 2.47. The molecule has 2 aliphatic rings. The molecule has 1 aromatic heterocycles. The van der Waals surface area contributed by atoms with Gasteiger partial charge in [0.1, 0.15) is 5.82 Å². The van der Waals surface area contributed by atoms with Crippen molar-refractivity contribution in [1.82, 2.24) is 14.8 Å². The number of piperazine rings is 1. The molecule has 4 rings (SSSR count). The Morgan fingerprint density at radius 3 is 2.61 bits per heavy atom. The van der Waals surface area contributed by atoms with Gasteiger partial charge in [0.25, 0.3) is 5.91 Å². The number of carbonyl (C=O) groups is 2. The second kappa shape index (κ2) is 7.67. The molecule has 3 heterocycles. The number of halogens is 1. The standard InChI is InChI=1S/C20H22ClN5O2/c1-24-7-6-14-2-4-16(12-17(14)19(24)27)23-20(28)26-10-8-25(9-11-26)18-5-3-15(21)13-22-18/h2-5,12-13H,6-11H2,1H3,(H,23,28). The molecule has 0 aliphatic carbocycles. The number of rotatable bonds is 2. The number of aromatic nitrogens is 1. The first-order valence-electron chi connectivity index (χ1n) is 9.32. The molecule has 2 aliphatic heterocycles. The smallest absolute Gasteiger partial charge is 0.321 e. The van der Waals surface area contributed by atoms with Crippen LogP contribution in [0.2, 0.25) is 5.02 Å².